The molecule has 0 fully saturated rings. The third-order valence-corrected chi connectivity index (χ3v) is 2.41. The summed E-state index contributed by atoms with van der Waals surface area (Å²) in [6.45, 7) is 0. The van der Waals surface area contributed by atoms with E-state index < -0.39 is 0 Å². The molecule has 5 heteroatoms. The predicted molar refractivity (Wildman–Crippen MR) is 63.5 cm³/mol. The molecule has 0 unspecified atom stereocenters. The van der Waals surface area contributed by atoms with Crippen molar-refractivity contribution in [1.29, 1.82) is 0 Å². The van der Waals surface area contributed by atoms with Gasteiger partial charge in [0, 0.05) is 16.7 Å². The highest BCUT2D eigenvalue weighted by molar-refractivity contribution is 6.31. The summed E-state index contributed by atoms with van der Waals surface area (Å²) in [7, 11) is 1.48. The molecule has 2 rings (SSSR count). The second-order valence-electron chi connectivity index (χ2n) is 3.29. The van der Waals surface area contributed by atoms with E-state index in [1.54, 1.807) is 24.3 Å². The number of hydrogen-bond acceptors (Lipinski definition) is 4. The SMILES string of the molecule is COc1cc(C(=O)c2cccc(Cl)c2)ncn1. The first kappa shape index (κ1) is 11.5. The van der Waals surface area contributed by atoms with Crippen LogP contribution in [0.3, 0.4) is 0 Å². The van der Waals surface area contributed by atoms with Crippen molar-refractivity contribution in [2.24, 2.45) is 0 Å². The molecule has 0 aliphatic carbocycles. The van der Waals surface area contributed by atoms with E-state index in [9.17, 15) is 4.79 Å². The predicted octanol–water partition coefficient (Wildman–Crippen LogP) is 2.37. The van der Waals surface area contributed by atoms with Crippen molar-refractivity contribution in [3.05, 3.63) is 52.9 Å². The monoisotopic (exact) mass is 248 g/mol. The van der Waals surface area contributed by atoms with Crippen LogP contribution in [0.4, 0.5) is 0 Å². The quantitative estimate of drug-likeness (QED) is 0.783. The van der Waals surface area contributed by atoms with Crippen LogP contribution in [0.15, 0.2) is 36.7 Å². The van der Waals surface area contributed by atoms with E-state index >= 15 is 0 Å². The third-order valence-electron chi connectivity index (χ3n) is 2.17. The molecule has 86 valence electrons. The number of rotatable bonds is 3. The van der Waals surface area contributed by atoms with Gasteiger partial charge in [0.15, 0.2) is 0 Å². The van der Waals surface area contributed by atoms with Crippen molar-refractivity contribution >= 4 is 17.4 Å². The van der Waals surface area contributed by atoms with Gasteiger partial charge >= 0.3 is 0 Å². The summed E-state index contributed by atoms with van der Waals surface area (Å²) in [6, 6.07) is 8.19. The zero-order valence-corrected chi connectivity index (χ0v) is 9.81. The van der Waals surface area contributed by atoms with Crippen molar-refractivity contribution in [3.63, 3.8) is 0 Å². The molecule has 1 aromatic carbocycles. The highest BCUT2D eigenvalue weighted by atomic mass is 35.5. The van der Waals surface area contributed by atoms with Crippen LogP contribution in [0.1, 0.15) is 16.1 Å². The molecule has 0 aliphatic rings. The molecule has 0 N–H and O–H groups in total. The average molecular weight is 249 g/mol. The van der Waals surface area contributed by atoms with E-state index in [0.717, 1.165) is 0 Å². The van der Waals surface area contributed by atoms with E-state index in [-0.39, 0.29) is 11.5 Å². The number of nitrogens with zero attached hydrogens (tertiary/aromatic N) is 2. The number of methoxy groups -OCH3 is 1. The zero-order chi connectivity index (χ0) is 12.3. The summed E-state index contributed by atoms with van der Waals surface area (Å²) in [5.74, 6) is 0.138. The summed E-state index contributed by atoms with van der Waals surface area (Å²) >= 11 is 5.83. The second-order valence-corrected chi connectivity index (χ2v) is 3.72. The fourth-order valence-electron chi connectivity index (χ4n) is 1.35. The number of ketones is 1. The summed E-state index contributed by atoms with van der Waals surface area (Å²) in [6.07, 6.45) is 1.29. The normalized spacial score (nSPS) is 10.0. The number of carbonyl (C=O) groups excluding carboxylic acids is 1. The molecular weight excluding hydrogens is 240 g/mol. The lowest BCUT2D eigenvalue weighted by molar-refractivity contribution is 0.103. The van der Waals surface area contributed by atoms with Gasteiger partial charge in [0.25, 0.3) is 0 Å². The molecule has 0 aliphatic heterocycles. The number of hydrogen-bond donors (Lipinski definition) is 0. The van der Waals surface area contributed by atoms with Crippen LogP contribution < -0.4 is 4.74 Å². The lowest BCUT2D eigenvalue weighted by Crippen LogP contribution is -2.05. The fourth-order valence-corrected chi connectivity index (χ4v) is 1.54. The minimum atomic E-state index is -0.215. The highest BCUT2D eigenvalue weighted by Crippen LogP contribution is 2.15. The van der Waals surface area contributed by atoms with Crippen LogP contribution in [0.2, 0.25) is 5.02 Å². The molecule has 0 atom stereocenters. The van der Waals surface area contributed by atoms with Crippen LogP contribution >= 0.6 is 11.6 Å². The molecule has 0 radical (unpaired) electrons. The molecule has 1 aromatic heterocycles. The van der Waals surface area contributed by atoms with Gasteiger partial charge in [-0.05, 0) is 12.1 Å². The Morgan fingerprint density at radius 3 is 2.82 bits per heavy atom. The number of aromatic nitrogens is 2. The lowest BCUT2D eigenvalue weighted by Gasteiger charge is -2.02. The number of benzene rings is 1. The van der Waals surface area contributed by atoms with Gasteiger partial charge < -0.3 is 4.74 Å². The Morgan fingerprint density at radius 2 is 2.12 bits per heavy atom. The van der Waals surface area contributed by atoms with Crippen LogP contribution in [-0.4, -0.2) is 22.9 Å². The minimum absolute atomic E-state index is 0.215. The van der Waals surface area contributed by atoms with E-state index in [1.807, 2.05) is 0 Å². The van der Waals surface area contributed by atoms with Crippen LogP contribution in [0.5, 0.6) is 5.88 Å². The van der Waals surface area contributed by atoms with E-state index in [2.05, 4.69) is 9.97 Å². The van der Waals surface area contributed by atoms with Gasteiger partial charge in [-0.3, -0.25) is 4.79 Å². The molecular formula is C12H9ClN2O2. The Balaban J connectivity index is 2.36. The molecule has 0 spiro atoms. The topological polar surface area (TPSA) is 52.1 Å². The number of carbonyl (C=O) groups is 1. The second kappa shape index (κ2) is 4.93. The Labute approximate surface area is 103 Å². The zero-order valence-electron chi connectivity index (χ0n) is 9.05. The lowest BCUT2D eigenvalue weighted by atomic mass is 10.1. The Morgan fingerprint density at radius 1 is 1.29 bits per heavy atom. The van der Waals surface area contributed by atoms with Gasteiger partial charge in [-0.15, -0.1) is 0 Å². The number of halogens is 1. The smallest absolute Gasteiger partial charge is 0.216 e. The van der Waals surface area contributed by atoms with E-state index in [1.165, 1.54) is 19.5 Å². The van der Waals surface area contributed by atoms with E-state index in [4.69, 9.17) is 16.3 Å². The first-order valence-electron chi connectivity index (χ1n) is 4.87. The van der Waals surface area contributed by atoms with Gasteiger partial charge in [-0.25, -0.2) is 9.97 Å². The first-order chi connectivity index (χ1) is 8.20. The van der Waals surface area contributed by atoms with Crippen molar-refractivity contribution in [2.75, 3.05) is 7.11 Å². The minimum Gasteiger partial charge on any atom is -0.481 e. The summed E-state index contributed by atoms with van der Waals surface area (Å²) in [4.78, 5) is 19.8. The summed E-state index contributed by atoms with van der Waals surface area (Å²) < 4.78 is 4.94. The Kier molecular flexibility index (Phi) is 3.35. The van der Waals surface area contributed by atoms with Crippen LogP contribution in [0, 0.1) is 0 Å². The van der Waals surface area contributed by atoms with Gasteiger partial charge in [0.2, 0.25) is 11.7 Å². The van der Waals surface area contributed by atoms with Crippen molar-refractivity contribution in [1.82, 2.24) is 9.97 Å². The van der Waals surface area contributed by atoms with Crippen molar-refractivity contribution < 1.29 is 9.53 Å². The molecule has 0 bridgehead atoms. The van der Waals surface area contributed by atoms with Gasteiger partial charge in [-0.1, -0.05) is 23.7 Å². The molecule has 0 amide bonds. The van der Waals surface area contributed by atoms with Crippen LogP contribution in [-0.2, 0) is 0 Å². The van der Waals surface area contributed by atoms with E-state index in [0.29, 0.717) is 16.5 Å². The number of ether oxygens (including phenoxy) is 1. The maximum atomic E-state index is 12.1. The highest BCUT2D eigenvalue weighted by Gasteiger charge is 2.12. The maximum Gasteiger partial charge on any atom is 0.216 e. The molecule has 1 heterocycles. The Hall–Kier alpha value is -1.94. The maximum absolute atomic E-state index is 12.1. The molecule has 17 heavy (non-hydrogen) atoms. The Bertz CT molecular complexity index is 558. The summed E-state index contributed by atoms with van der Waals surface area (Å²) in [5.41, 5.74) is 0.761. The fraction of sp³-hybridized carbons (Fsp3) is 0.0833. The van der Waals surface area contributed by atoms with Crippen LogP contribution in [0.25, 0.3) is 0 Å². The average Bonchev–Trinajstić information content (AvgIpc) is 2.38. The van der Waals surface area contributed by atoms with Crippen molar-refractivity contribution in [3.8, 4) is 5.88 Å². The van der Waals surface area contributed by atoms with Crippen molar-refractivity contribution in [2.45, 2.75) is 0 Å². The standard InChI is InChI=1S/C12H9ClN2O2/c1-17-11-6-10(14-7-15-11)12(16)8-3-2-4-9(13)5-8/h2-7H,1H3. The largest absolute Gasteiger partial charge is 0.481 e. The molecule has 4 nitrogen and oxygen atoms in total. The molecule has 2 aromatic rings. The van der Waals surface area contributed by atoms with Gasteiger partial charge in [0.05, 0.1) is 7.11 Å². The molecule has 0 saturated carbocycles. The third kappa shape index (κ3) is 2.60. The van der Waals surface area contributed by atoms with Gasteiger partial charge in [0.1, 0.15) is 12.0 Å². The van der Waals surface area contributed by atoms with Gasteiger partial charge in [-0.2, -0.15) is 0 Å². The summed E-state index contributed by atoms with van der Waals surface area (Å²) in [5, 5.41) is 0.511. The first-order valence-corrected chi connectivity index (χ1v) is 5.25. The molecule has 0 saturated heterocycles.